The van der Waals surface area contributed by atoms with E-state index < -0.39 is 5.60 Å². The minimum atomic E-state index is -0.625. The van der Waals surface area contributed by atoms with Gasteiger partial charge < -0.3 is 20.9 Å². The second-order valence-corrected chi connectivity index (χ2v) is 11.0. The summed E-state index contributed by atoms with van der Waals surface area (Å²) in [7, 11) is 1.76. The van der Waals surface area contributed by atoms with Crippen LogP contribution in [-0.2, 0) is 26.9 Å². The van der Waals surface area contributed by atoms with Gasteiger partial charge in [-0.2, -0.15) is 0 Å². The van der Waals surface area contributed by atoms with Crippen molar-refractivity contribution in [3.05, 3.63) is 34.7 Å². The van der Waals surface area contributed by atoms with Gasteiger partial charge >= 0.3 is 0 Å². The Balaban J connectivity index is 2.56. The molecule has 1 aliphatic carbocycles. The van der Waals surface area contributed by atoms with Gasteiger partial charge in [0.1, 0.15) is 11.7 Å². The summed E-state index contributed by atoms with van der Waals surface area (Å²) in [5.41, 5.74) is 16.9. The van der Waals surface area contributed by atoms with Crippen LogP contribution in [0.15, 0.2) is 12.1 Å². The predicted molar refractivity (Wildman–Crippen MR) is 144 cm³/mol. The smallest absolute Gasteiger partial charge is 0.128 e. The Kier molecular flexibility index (Phi) is 11.0. The Hall–Kier alpha value is -1.43. The molecule has 1 aliphatic rings. The number of hydrogen-bond acceptors (Lipinski definition) is 5. The van der Waals surface area contributed by atoms with Crippen molar-refractivity contribution in [1.82, 2.24) is 4.98 Å². The fourth-order valence-corrected chi connectivity index (χ4v) is 5.24. The Morgan fingerprint density at radius 1 is 1.09 bits per heavy atom. The second-order valence-electron chi connectivity index (χ2n) is 11.0. The number of nitrogens with two attached hydrogens (primary N) is 2. The summed E-state index contributed by atoms with van der Waals surface area (Å²) in [6, 6.07) is 2.27. The third-order valence-electron chi connectivity index (χ3n) is 7.33. The fraction of sp³-hybridized carbons (Fsp3) is 0.759. The maximum atomic E-state index is 6.98. The largest absolute Gasteiger partial charge is 0.397 e. The average molecular weight is 474 g/mol. The molecule has 0 spiro atoms. The van der Waals surface area contributed by atoms with Crippen LogP contribution in [0.25, 0.3) is 5.70 Å². The van der Waals surface area contributed by atoms with E-state index in [1.54, 1.807) is 7.11 Å². The number of methoxy groups -OCH3 is 1. The van der Waals surface area contributed by atoms with Crippen molar-refractivity contribution in [3.63, 3.8) is 0 Å². The number of hydrogen-bond donors (Lipinski definition) is 2. The number of unbranched alkanes of at least 4 members (excludes halogenated alkanes) is 5. The summed E-state index contributed by atoms with van der Waals surface area (Å²) in [6.07, 6.45) is 12.0. The predicted octanol–water partition coefficient (Wildman–Crippen LogP) is 6.22. The van der Waals surface area contributed by atoms with Crippen LogP contribution in [0.3, 0.4) is 0 Å². The molecule has 1 heterocycles. The second kappa shape index (κ2) is 13.0. The third-order valence-corrected chi connectivity index (χ3v) is 7.33. The molecule has 5 nitrogen and oxygen atoms in total. The van der Waals surface area contributed by atoms with E-state index in [1.165, 1.54) is 37.7 Å². The zero-order chi connectivity index (χ0) is 25.4. The van der Waals surface area contributed by atoms with Crippen molar-refractivity contribution >= 4 is 5.70 Å². The molecular weight excluding hydrogens is 422 g/mol. The van der Waals surface area contributed by atoms with Crippen molar-refractivity contribution in [2.45, 2.75) is 116 Å². The minimum Gasteiger partial charge on any atom is -0.397 e. The SMILES string of the molecule is CCCCCCCCOC1(C(C)CCCN)c2c(CC)cc(C(C)(C)C)nc2C(N)=CC1OC. The van der Waals surface area contributed by atoms with E-state index in [1.807, 2.05) is 6.08 Å². The Morgan fingerprint density at radius 3 is 2.35 bits per heavy atom. The van der Waals surface area contributed by atoms with Crippen molar-refractivity contribution in [2.24, 2.45) is 17.4 Å². The Labute approximate surface area is 209 Å². The maximum absolute atomic E-state index is 6.98. The summed E-state index contributed by atoms with van der Waals surface area (Å²) in [5, 5.41) is 0. The van der Waals surface area contributed by atoms with Crippen LogP contribution in [0, 0.1) is 5.92 Å². The molecule has 1 aromatic heterocycles. The minimum absolute atomic E-state index is 0.0650. The number of pyridine rings is 1. The topological polar surface area (TPSA) is 83.4 Å². The van der Waals surface area contributed by atoms with Crippen LogP contribution in [0.1, 0.15) is 115 Å². The van der Waals surface area contributed by atoms with Crippen LogP contribution in [0.4, 0.5) is 0 Å². The molecule has 3 atom stereocenters. The fourth-order valence-electron chi connectivity index (χ4n) is 5.24. The molecule has 0 amide bonds. The molecule has 34 heavy (non-hydrogen) atoms. The van der Waals surface area contributed by atoms with Crippen LogP contribution in [0.5, 0.6) is 0 Å². The molecule has 0 aliphatic heterocycles. The van der Waals surface area contributed by atoms with Gasteiger partial charge in [0.15, 0.2) is 0 Å². The third kappa shape index (κ3) is 6.41. The molecule has 5 heteroatoms. The first kappa shape index (κ1) is 28.8. The standard InChI is InChI=1S/C29H51N3O2/c1-8-10-11-12-13-14-18-34-29(21(3)16-15-17-30)25(33-7)20-23(31)27-26(29)22(9-2)19-24(32-27)28(4,5)6/h19-21,25H,8-18,30-31H2,1-7H3. The van der Waals surface area contributed by atoms with Gasteiger partial charge in [0.2, 0.25) is 0 Å². The molecule has 3 unspecified atom stereocenters. The van der Waals surface area contributed by atoms with E-state index >= 15 is 0 Å². The number of ether oxygens (including phenoxy) is 2. The van der Waals surface area contributed by atoms with Crippen molar-refractivity contribution < 1.29 is 9.47 Å². The van der Waals surface area contributed by atoms with Gasteiger partial charge in [-0.05, 0) is 55.9 Å². The van der Waals surface area contributed by atoms with Crippen molar-refractivity contribution in [1.29, 1.82) is 0 Å². The molecule has 0 bridgehead atoms. The molecular formula is C29H51N3O2. The van der Waals surface area contributed by atoms with E-state index in [0.29, 0.717) is 18.8 Å². The normalized spacial score (nSPS) is 21.3. The summed E-state index contributed by atoms with van der Waals surface area (Å²) >= 11 is 0. The van der Waals surface area contributed by atoms with Gasteiger partial charge in [-0.3, -0.25) is 4.98 Å². The first-order valence-electron chi connectivity index (χ1n) is 13.6. The first-order valence-corrected chi connectivity index (χ1v) is 13.6. The quantitative estimate of drug-likeness (QED) is 0.314. The van der Waals surface area contributed by atoms with Crippen molar-refractivity contribution in [3.8, 4) is 0 Å². The summed E-state index contributed by atoms with van der Waals surface area (Å²) < 4.78 is 13.1. The number of aromatic nitrogens is 1. The highest BCUT2D eigenvalue weighted by molar-refractivity contribution is 5.69. The number of rotatable bonds is 14. The molecule has 0 radical (unpaired) electrons. The number of aryl methyl sites for hydroxylation is 1. The van der Waals surface area contributed by atoms with Gasteiger partial charge in [0.25, 0.3) is 0 Å². The summed E-state index contributed by atoms with van der Waals surface area (Å²) in [4.78, 5) is 5.13. The lowest BCUT2D eigenvalue weighted by Gasteiger charge is -2.47. The number of fused-ring (bicyclic) bond motifs is 1. The lowest BCUT2D eigenvalue weighted by molar-refractivity contribution is -0.160. The maximum Gasteiger partial charge on any atom is 0.128 e. The van der Waals surface area contributed by atoms with Gasteiger partial charge in [0, 0.05) is 30.4 Å². The highest BCUT2D eigenvalue weighted by Crippen LogP contribution is 2.48. The van der Waals surface area contributed by atoms with Gasteiger partial charge in [-0.15, -0.1) is 0 Å². The van der Waals surface area contributed by atoms with E-state index in [-0.39, 0.29) is 17.4 Å². The molecule has 0 saturated carbocycles. The molecule has 4 N–H and O–H groups in total. The Morgan fingerprint density at radius 2 is 1.76 bits per heavy atom. The summed E-state index contributed by atoms with van der Waals surface area (Å²) in [5.74, 6) is 0.205. The van der Waals surface area contributed by atoms with Crippen LogP contribution >= 0.6 is 0 Å². The monoisotopic (exact) mass is 473 g/mol. The first-order chi connectivity index (χ1) is 16.2. The molecule has 0 aromatic carbocycles. The van der Waals surface area contributed by atoms with Gasteiger partial charge in [0.05, 0.1) is 11.4 Å². The molecule has 0 saturated heterocycles. The zero-order valence-electron chi connectivity index (χ0n) is 23.0. The lowest BCUT2D eigenvalue weighted by atomic mass is 9.69. The van der Waals surface area contributed by atoms with E-state index in [0.717, 1.165) is 42.6 Å². The summed E-state index contributed by atoms with van der Waals surface area (Å²) in [6.45, 7) is 14.7. The van der Waals surface area contributed by atoms with Crippen LogP contribution in [-0.4, -0.2) is 31.3 Å². The Bertz CT molecular complexity index is 799. The molecule has 2 rings (SSSR count). The average Bonchev–Trinajstić information content (AvgIpc) is 2.81. The van der Waals surface area contributed by atoms with Crippen molar-refractivity contribution in [2.75, 3.05) is 20.3 Å². The van der Waals surface area contributed by atoms with Gasteiger partial charge in [-0.1, -0.05) is 73.6 Å². The van der Waals surface area contributed by atoms with E-state index in [9.17, 15) is 0 Å². The van der Waals surface area contributed by atoms with E-state index in [2.05, 4.69) is 47.6 Å². The zero-order valence-corrected chi connectivity index (χ0v) is 23.0. The highest BCUT2D eigenvalue weighted by Gasteiger charge is 2.51. The molecule has 194 valence electrons. The van der Waals surface area contributed by atoms with E-state index in [4.69, 9.17) is 25.9 Å². The van der Waals surface area contributed by atoms with Gasteiger partial charge in [-0.25, -0.2) is 0 Å². The lowest BCUT2D eigenvalue weighted by Crippen LogP contribution is -2.51. The molecule has 1 aromatic rings. The van der Waals surface area contributed by atoms with Crippen LogP contribution in [0.2, 0.25) is 0 Å². The highest BCUT2D eigenvalue weighted by atomic mass is 16.5. The van der Waals surface area contributed by atoms with Crippen LogP contribution < -0.4 is 11.5 Å². The molecule has 0 fully saturated rings. The number of nitrogens with zero attached hydrogens (tertiary/aromatic N) is 1.